The molecule has 1 amide bonds. The molecule has 2 aromatic rings. The second kappa shape index (κ2) is 8.87. The van der Waals surface area contributed by atoms with Gasteiger partial charge in [0.25, 0.3) is 0 Å². The number of piperazine rings is 1. The molecule has 30 heavy (non-hydrogen) atoms. The largest absolute Gasteiger partial charge is 0.310 e. The lowest BCUT2D eigenvalue weighted by molar-refractivity contribution is -0.121. The SMILES string of the molecule is Cc1ccc(S(=O)(=O)N2CCN(C(C)C(=O)Nc3ccnn3C(C)C)CC2)c(C)c1. The summed E-state index contributed by atoms with van der Waals surface area (Å²) in [5.74, 6) is 0.543. The molecule has 1 fully saturated rings. The number of nitrogens with zero attached hydrogens (tertiary/aromatic N) is 4. The number of amides is 1. The molecule has 1 aromatic heterocycles. The fourth-order valence-electron chi connectivity index (χ4n) is 3.78. The number of aryl methyl sites for hydroxylation is 2. The third-order valence-corrected chi connectivity index (χ3v) is 7.62. The van der Waals surface area contributed by atoms with E-state index in [1.54, 1.807) is 23.0 Å². The molecule has 1 aromatic carbocycles. The summed E-state index contributed by atoms with van der Waals surface area (Å²) in [6, 6.07) is 6.94. The van der Waals surface area contributed by atoms with Crippen LogP contribution >= 0.6 is 0 Å². The Kier molecular flexibility index (Phi) is 6.64. The molecule has 2 heterocycles. The van der Waals surface area contributed by atoms with E-state index in [2.05, 4.69) is 10.4 Å². The van der Waals surface area contributed by atoms with Crippen LogP contribution in [0.15, 0.2) is 35.4 Å². The highest BCUT2D eigenvalue weighted by atomic mass is 32.2. The first kappa shape index (κ1) is 22.5. The first-order valence-electron chi connectivity index (χ1n) is 10.3. The number of nitrogens with one attached hydrogen (secondary N) is 1. The average molecular weight is 434 g/mol. The zero-order valence-electron chi connectivity index (χ0n) is 18.3. The summed E-state index contributed by atoms with van der Waals surface area (Å²) < 4.78 is 29.4. The van der Waals surface area contributed by atoms with Gasteiger partial charge in [-0.2, -0.15) is 9.40 Å². The maximum Gasteiger partial charge on any atom is 0.243 e. The summed E-state index contributed by atoms with van der Waals surface area (Å²) in [4.78, 5) is 15.1. The maximum atomic E-state index is 13.1. The fraction of sp³-hybridized carbons (Fsp3) is 0.524. The highest BCUT2D eigenvalue weighted by molar-refractivity contribution is 7.89. The van der Waals surface area contributed by atoms with Gasteiger partial charge in [-0.1, -0.05) is 17.7 Å². The van der Waals surface area contributed by atoms with Crippen LogP contribution in [0.1, 0.15) is 37.9 Å². The summed E-state index contributed by atoms with van der Waals surface area (Å²) in [5, 5.41) is 7.17. The maximum absolute atomic E-state index is 13.1. The standard InChI is InChI=1S/C21H31N5O3S/c1-15(2)26-20(8-9-22-26)23-21(27)18(5)24-10-12-25(13-11-24)30(28,29)19-7-6-16(3)14-17(19)4/h6-9,14-15,18H,10-13H2,1-5H3,(H,23,27). The fourth-order valence-corrected chi connectivity index (χ4v) is 5.41. The van der Waals surface area contributed by atoms with Crippen molar-refractivity contribution in [3.8, 4) is 0 Å². The van der Waals surface area contributed by atoms with Crippen molar-refractivity contribution in [2.75, 3.05) is 31.5 Å². The molecule has 0 radical (unpaired) electrons. The van der Waals surface area contributed by atoms with Gasteiger partial charge in [-0.15, -0.1) is 0 Å². The Balaban J connectivity index is 1.63. The molecule has 9 heteroatoms. The molecule has 1 saturated heterocycles. The van der Waals surface area contributed by atoms with E-state index in [0.29, 0.717) is 36.9 Å². The lowest BCUT2D eigenvalue weighted by atomic mass is 10.2. The van der Waals surface area contributed by atoms with Crippen molar-refractivity contribution in [2.24, 2.45) is 0 Å². The van der Waals surface area contributed by atoms with E-state index in [1.165, 1.54) is 4.31 Å². The van der Waals surface area contributed by atoms with Crippen molar-refractivity contribution in [3.63, 3.8) is 0 Å². The van der Waals surface area contributed by atoms with E-state index < -0.39 is 10.0 Å². The van der Waals surface area contributed by atoms with Gasteiger partial charge in [0.1, 0.15) is 5.82 Å². The number of carbonyl (C=O) groups is 1. The molecule has 164 valence electrons. The van der Waals surface area contributed by atoms with Crippen molar-refractivity contribution in [2.45, 2.75) is 51.6 Å². The van der Waals surface area contributed by atoms with Gasteiger partial charge < -0.3 is 5.32 Å². The molecule has 1 atom stereocenters. The van der Waals surface area contributed by atoms with Gasteiger partial charge in [0.2, 0.25) is 15.9 Å². The van der Waals surface area contributed by atoms with Crippen molar-refractivity contribution in [3.05, 3.63) is 41.6 Å². The van der Waals surface area contributed by atoms with E-state index in [4.69, 9.17) is 0 Å². The third kappa shape index (κ3) is 4.58. The molecule has 1 aliphatic heterocycles. The Labute approximate surface area is 178 Å². The zero-order valence-corrected chi connectivity index (χ0v) is 19.1. The van der Waals surface area contributed by atoms with Crippen LogP contribution in [-0.2, 0) is 14.8 Å². The van der Waals surface area contributed by atoms with Gasteiger partial charge in [0, 0.05) is 38.3 Å². The van der Waals surface area contributed by atoms with Crippen molar-refractivity contribution in [1.29, 1.82) is 0 Å². The number of hydrogen-bond acceptors (Lipinski definition) is 5. The summed E-state index contributed by atoms with van der Waals surface area (Å²) >= 11 is 0. The predicted octanol–water partition coefficient (Wildman–Crippen LogP) is 2.41. The van der Waals surface area contributed by atoms with E-state index in [9.17, 15) is 13.2 Å². The second-order valence-corrected chi connectivity index (χ2v) is 10.0. The topological polar surface area (TPSA) is 87.5 Å². The van der Waals surface area contributed by atoms with Crippen LogP contribution in [0.5, 0.6) is 0 Å². The van der Waals surface area contributed by atoms with Gasteiger partial charge >= 0.3 is 0 Å². The Morgan fingerprint density at radius 1 is 1.07 bits per heavy atom. The van der Waals surface area contributed by atoms with Crippen LogP contribution < -0.4 is 5.32 Å². The van der Waals surface area contributed by atoms with Crippen molar-refractivity contribution >= 4 is 21.7 Å². The van der Waals surface area contributed by atoms with Gasteiger partial charge in [-0.05, 0) is 46.2 Å². The minimum atomic E-state index is -3.54. The van der Waals surface area contributed by atoms with Crippen molar-refractivity contribution < 1.29 is 13.2 Å². The summed E-state index contributed by atoms with van der Waals surface area (Å²) in [6.45, 7) is 11.3. The number of aromatic nitrogens is 2. The number of sulfonamides is 1. The van der Waals surface area contributed by atoms with E-state index >= 15 is 0 Å². The molecule has 0 bridgehead atoms. The van der Waals surface area contributed by atoms with E-state index in [1.807, 2.05) is 51.7 Å². The molecule has 1 N–H and O–H groups in total. The van der Waals surface area contributed by atoms with Crippen LogP contribution in [-0.4, -0.2) is 65.5 Å². The zero-order chi connectivity index (χ0) is 22.1. The van der Waals surface area contributed by atoms with Crippen LogP contribution in [0.2, 0.25) is 0 Å². The highest BCUT2D eigenvalue weighted by Crippen LogP contribution is 2.23. The quantitative estimate of drug-likeness (QED) is 0.756. The normalized spacial score (nSPS) is 17.3. The minimum absolute atomic E-state index is 0.122. The first-order chi connectivity index (χ1) is 14.1. The molecular weight excluding hydrogens is 402 g/mol. The van der Waals surface area contributed by atoms with Crippen LogP contribution in [0.3, 0.4) is 0 Å². The molecular formula is C21H31N5O3S. The molecule has 8 nitrogen and oxygen atoms in total. The molecule has 0 aliphatic carbocycles. The third-order valence-electron chi connectivity index (χ3n) is 5.56. The molecule has 0 saturated carbocycles. The van der Waals surface area contributed by atoms with Gasteiger partial charge in [0.05, 0.1) is 17.1 Å². The summed E-state index contributed by atoms with van der Waals surface area (Å²) in [7, 11) is -3.54. The number of hydrogen-bond donors (Lipinski definition) is 1. The Hall–Kier alpha value is -2.23. The Morgan fingerprint density at radius 3 is 2.33 bits per heavy atom. The molecule has 1 aliphatic rings. The number of rotatable bonds is 6. The lowest BCUT2D eigenvalue weighted by Gasteiger charge is -2.37. The summed E-state index contributed by atoms with van der Waals surface area (Å²) in [6.07, 6.45) is 1.66. The summed E-state index contributed by atoms with van der Waals surface area (Å²) in [5.41, 5.74) is 1.79. The average Bonchev–Trinajstić information content (AvgIpc) is 3.15. The number of anilines is 1. The van der Waals surface area contributed by atoms with Crippen LogP contribution in [0, 0.1) is 13.8 Å². The number of benzene rings is 1. The van der Waals surface area contributed by atoms with E-state index in [-0.39, 0.29) is 18.0 Å². The first-order valence-corrected chi connectivity index (χ1v) is 11.7. The van der Waals surface area contributed by atoms with Gasteiger partial charge in [-0.25, -0.2) is 13.1 Å². The Morgan fingerprint density at radius 2 is 1.73 bits per heavy atom. The van der Waals surface area contributed by atoms with Crippen LogP contribution in [0.4, 0.5) is 5.82 Å². The van der Waals surface area contributed by atoms with Gasteiger partial charge in [-0.3, -0.25) is 9.69 Å². The highest BCUT2D eigenvalue weighted by Gasteiger charge is 2.32. The Bertz CT molecular complexity index is 1010. The monoisotopic (exact) mass is 433 g/mol. The van der Waals surface area contributed by atoms with E-state index in [0.717, 1.165) is 11.1 Å². The van der Waals surface area contributed by atoms with Crippen molar-refractivity contribution in [1.82, 2.24) is 19.0 Å². The molecule has 3 rings (SSSR count). The molecule has 0 spiro atoms. The lowest BCUT2D eigenvalue weighted by Crippen LogP contribution is -2.54. The number of carbonyl (C=O) groups excluding carboxylic acids is 1. The van der Waals surface area contributed by atoms with Crippen LogP contribution in [0.25, 0.3) is 0 Å². The second-order valence-electron chi connectivity index (χ2n) is 8.13. The molecule has 1 unspecified atom stereocenters. The smallest absolute Gasteiger partial charge is 0.243 e. The predicted molar refractivity (Wildman–Crippen MR) is 117 cm³/mol. The van der Waals surface area contributed by atoms with Gasteiger partial charge in [0.15, 0.2) is 0 Å². The minimum Gasteiger partial charge on any atom is -0.310 e.